The maximum absolute atomic E-state index is 8.59. The van der Waals surface area contributed by atoms with E-state index in [0.29, 0.717) is 126 Å². The first-order valence-corrected chi connectivity index (χ1v) is 20.3. The van der Waals surface area contributed by atoms with Gasteiger partial charge >= 0.3 is 0 Å². The second-order valence-electron chi connectivity index (χ2n) is 14.1. The minimum absolute atomic E-state index is 0.0295. The molecule has 0 aliphatic carbocycles. The zero-order chi connectivity index (χ0) is 37.3. The fraction of sp³-hybridized carbons (Fsp3) is 1.00. The van der Waals surface area contributed by atoms with Crippen LogP contribution in [-0.4, -0.2) is 144 Å². The number of aliphatic hydroxyl groups is 1. The molecule has 0 rings (SSSR count). The van der Waals surface area contributed by atoms with Crippen molar-refractivity contribution in [3.8, 4) is 0 Å². The SMILES string of the molecule is CC(C)CCC[C@@H](C)CCC[C@@H](C)CCCC(C)CCOCCOCCOCCOCCOCCOCCOCCOCCOCCOCCO. The molecule has 0 aromatic rings. The van der Waals surface area contributed by atoms with Gasteiger partial charge in [-0.3, -0.25) is 0 Å². The lowest BCUT2D eigenvalue weighted by Gasteiger charge is -2.16. The first-order chi connectivity index (χ1) is 25.0. The Bertz CT molecular complexity index is 644. The van der Waals surface area contributed by atoms with Gasteiger partial charge in [-0.15, -0.1) is 0 Å². The second kappa shape index (κ2) is 42.3. The highest BCUT2D eigenvalue weighted by Crippen LogP contribution is 2.22. The highest BCUT2D eigenvalue weighted by Gasteiger charge is 2.08. The van der Waals surface area contributed by atoms with Gasteiger partial charge < -0.3 is 52.5 Å². The van der Waals surface area contributed by atoms with E-state index >= 15 is 0 Å². The smallest absolute Gasteiger partial charge is 0.0701 e. The molecule has 0 amide bonds. The molecule has 0 heterocycles. The van der Waals surface area contributed by atoms with Crippen LogP contribution < -0.4 is 0 Å². The van der Waals surface area contributed by atoms with Crippen LogP contribution >= 0.6 is 0 Å². The highest BCUT2D eigenvalue weighted by molar-refractivity contribution is 4.61. The van der Waals surface area contributed by atoms with Crippen molar-refractivity contribution in [1.29, 1.82) is 0 Å². The van der Waals surface area contributed by atoms with E-state index in [2.05, 4.69) is 34.6 Å². The molecule has 0 aliphatic rings. The average Bonchev–Trinajstić information content (AvgIpc) is 3.10. The standard InChI is InChI=1S/C40H82O11/c1-37(2)9-6-10-38(3)11-7-12-39(4)13-8-14-40(5)15-17-42-19-21-44-23-25-46-27-29-48-31-33-50-35-36-51-34-32-49-30-28-47-26-24-45-22-20-43-18-16-41/h37-41H,6-36H2,1-5H3/t38-,39-,40?/m1/s1. The number of aliphatic hydroxyl groups excluding tert-OH is 1. The van der Waals surface area contributed by atoms with Gasteiger partial charge in [-0.1, -0.05) is 92.4 Å². The van der Waals surface area contributed by atoms with E-state index in [4.69, 9.17) is 52.5 Å². The van der Waals surface area contributed by atoms with Gasteiger partial charge in [0.1, 0.15) is 0 Å². The largest absolute Gasteiger partial charge is 0.394 e. The van der Waals surface area contributed by atoms with Gasteiger partial charge in [0.15, 0.2) is 0 Å². The Morgan fingerprint density at radius 3 is 0.745 bits per heavy atom. The molecule has 0 aliphatic heterocycles. The Morgan fingerprint density at radius 1 is 0.275 bits per heavy atom. The molecule has 0 saturated carbocycles. The lowest BCUT2D eigenvalue weighted by molar-refractivity contribution is -0.0269. The van der Waals surface area contributed by atoms with E-state index in [0.717, 1.165) is 36.7 Å². The molecule has 0 aromatic heterocycles. The first kappa shape index (κ1) is 50.6. The molecule has 0 aromatic carbocycles. The molecular weight excluding hydrogens is 656 g/mol. The van der Waals surface area contributed by atoms with Crippen LogP contribution in [0, 0.1) is 23.7 Å². The predicted molar refractivity (Wildman–Crippen MR) is 204 cm³/mol. The molecule has 0 fully saturated rings. The zero-order valence-electron chi connectivity index (χ0n) is 33.8. The predicted octanol–water partition coefficient (Wildman–Crippen LogP) is 6.61. The summed E-state index contributed by atoms with van der Waals surface area (Å²) in [4.78, 5) is 0. The van der Waals surface area contributed by atoms with Crippen molar-refractivity contribution in [2.45, 2.75) is 98.8 Å². The monoisotopic (exact) mass is 739 g/mol. The lowest BCUT2D eigenvalue weighted by atomic mass is 9.91. The van der Waals surface area contributed by atoms with Crippen LogP contribution in [0.5, 0.6) is 0 Å². The molecule has 0 radical (unpaired) electrons. The molecule has 308 valence electrons. The molecule has 1 N–H and O–H groups in total. The molecule has 1 unspecified atom stereocenters. The fourth-order valence-electron chi connectivity index (χ4n) is 5.37. The zero-order valence-corrected chi connectivity index (χ0v) is 33.8. The van der Waals surface area contributed by atoms with Crippen LogP contribution in [0.15, 0.2) is 0 Å². The fourth-order valence-corrected chi connectivity index (χ4v) is 5.37. The van der Waals surface area contributed by atoms with Crippen molar-refractivity contribution in [3.63, 3.8) is 0 Å². The van der Waals surface area contributed by atoms with Gasteiger partial charge in [-0.05, 0) is 30.1 Å². The summed E-state index contributed by atoms with van der Waals surface area (Å²) in [5.74, 6) is 3.31. The molecule has 11 nitrogen and oxygen atoms in total. The van der Waals surface area contributed by atoms with Crippen molar-refractivity contribution in [2.24, 2.45) is 23.7 Å². The van der Waals surface area contributed by atoms with Crippen LogP contribution in [0.1, 0.15) is 98.8 Å². The third-order valence-corrected chi connectivity index (χ3v) is 8.60. The van der Waals surface area contributed by atoms with Gasteiger partial charge in [-0.25, -0.2) is 0 Å². The van der Waals surface area contributed by atoms with E-state index in [1.54, 1.807) is 0 Å². The first-order valence-electron chi connectivity index (χ1n) is 20.3. The van der Waals surface area contributed by atoms with Crippen molar-refractivity contribution >= 4 is 0 Å². The second-order valence-corrected chi connectivity index (χ2v) is 14.1. The Balaban J connectivity index is 3.22. The number of rotatable bonds is 44. The Morgan fingerprint density at radius 2 is 0.490 bits per heavy atom. The summed E-state index contributed by atoms with van der Waals surface area (Å²) in [6, 6.07) is 0. The van der Waals surface area contributed by atoms with E-state index in [1.165, 1.54) is 57.8 Å². The normalized spacial score (nSPS) is 13.7. The van der Waals surface area contributed by atoms with Crippen LogP contribution in [0.4, 0.5) is 0 Å². The van der Waals surface area contributed by atoms with Crippen molar-refractivity contribution < 1.29 is 52.5 Å². The van der Waals surface area contributed by atoms with E-state index in [-0.39, 0.29) is 6.61 Å². The molecule has 11 heteroatoms. The third kappa shape index (κ3) is 43.9. The van der Waals surface area contributed by atoms with E-state index in [9.17, 15) is 0 Å². The van der Waals surface area contributed by atoms with Crippen LogP contribution in [-0.2, 0) is 47.4 Å². The summed E-state index contributed by atoms with van der Waals surface area (Å²) < 4.78 is 54.8. The van der Waals surface area contributed by atoms with E-state index < -0.39 is 0 Å². The van der Waals surface area contributed by atoms with Gasteiger partial charge in [-0.2, -0.15) is 0 Å². The van der Waals surface area contributed by atoms with Crippen molar-refractivity contribution in [1.82, 2.24) is 0 Å². The summed E-state index contributed by atoms with van der Waals surface area (Å²) in [6.45, 7) is 22.7. The lowest BCUT2D eigenvalue weighted by Crippen LogP contribution is -2.15. The van der Waals surface area contributed by atoms with Crippen LogP contribution in [0.3, 0.4) is 0 Å². The highest BCUT2D eigenvalue weighted by atomic mass is 16.6. The minimum Gasteiger partial charge on any atom is -0.394 e. The van der Waals surface area contributed by atoms with Gasteiger partial charge in [0.2, 0.25) is 0 Å². The number of ether oxygens (including phenoxy) is 10. The Hall–Kier alpha value is -0.440. The number of hydrogen-bond acceptors (Lipinski definition) is 11. The van der Waals surface area contributed by atoms with E-state index in [1.807, 2.05) is 0 Å². The Labute approximate surface area is 313 Å². The summed E-state index contributed by atoms with van der Waals surface area (Å²) >= 11 is 0. The van der Waals surface area contributed by atoms with Crippen LogP contribution in [0.2, 0.25) is 0 Å². The maximum atomic E-state index is 8.59. The van der Waals surface area contributed by atoms with Crippen molar-refractivity contribution in [3.05, 3.63) is 0 Å². The van der Waals surface area contributed by atoms with Gasteiger partial charge in [0.25, 0.3) is 0 Å². The minimum atomic E-state index is 0.0295. The van der Waals surface area contributed by atoms with Gasteiger partial charge in [0.05, 0.1) is 132 Å². The molecule has 0 saturated heterocycles. The molecular formula is C40H82O11. The summed E-state index contributed by atoms with van der Waals surface area (Å²) in [7, 11) is 0. The Kier molecular flexibility index (Phi) is 41.9. The molecule has 51 heavy (non-hydrogen) atoms. The molecule has 0 bridgehead atoms. The number of hydrogen-bond donors (Lipinski definition) is 1. The molecule has 0 spiro atoms. The molecule has 3 atom stereocenters. The summed E-state index contributed by atoms with van der Waals surface area (Å²) in [5, 5.41) is 8.59. The summed E-state index contributed by atoms with van der Waals surface area (Å²) in [5.41, 5.74) is 0. The maximum Gasteiger partial charge on any atom is 0.0701 e. The van der Waals surface area contributed by atoms with Gasteiger partial charge in [0, 0.05) is 6.61 Å². The van der Waals surface area contributed by atoms with Crippen molar-refractivity contribution in [2.75, 3.05) is 139 Å². The van der Waals surface area contributed by atoms with Crippen LogP contribution in [0.25, 0.3) is 0 Å². The average molecular weight is 739 g/mol. The topological polar surface area (TPSA) is 113 Å². The summed E-state index contributed by atoms with van der Waals surface area (Å²) in [6.07, 6.45) is 13.5. The quantitative estimate of drug-likeness (QED) is 0.0682. The third-order valence-electron chi connectivity index (χ3n) is 8.60.